The second kappa shape index (κ2) is 12.2. The number of aromatic nitrogens is 2. The zero-order chi connectivity index (χ0) is 35.6. The van der Waals surface area contributed by atoms with Gasteiger partial charge in [-0.2, -0.15) is 0 Å². The maximum atomic E-state index is 6.04. The number of fused-ring (bicyclic) bond motifs is 6. The Morgan fingerprint density at radius 3 is 1.57 bits per heavy atom. The van der Waals surface area contributed by atoms with E-state index in [-0.39, 0.29) is 0 Å². The Bertz CT molecular complexity index is 3170. The molecule has 54 heavy (non-hydrogen) atoms. The van der Waals surface area contributed by atoms with Crippen LogP contribution in [0.3, 0.4) is 0 Å². The Morgan fingerprint density at radius 1 is 0.352 bits per heavy atom. The minimum absolute atomic E-state index is 0.632. The lowest BCUT2D eigenvalue weighted by molar-refractivity contribution is 0.620. The van der Waals surface area contributed by atoms with Gasteiger partial charge in [0.05, 0.1) is 11.0 Å². The third-order valence-corrected chi connectivity index (χ3v) is 10.8. The van der Waals surface area contributed by atoms with Gasteiger partial charge in [-0.3, -0.25) is 0 Å². The van der Waals surface area contributed by atoms with Gasteiger partial charge in [0.15, 0.2) is 5.58 Å². The first kappa shape index (κ1) is 30.4. The van der Waals surface area contributed by atoms with Crippen LogP contribution in [0.1, 0.15) is 0 Å². The summed E-state index contributed by atoms with van der Waals surface area (Å²) in [6.07, 6.45) is 0. The molecule has 0 amide bonds. The van der Waals surface area contributed by atoms with Gasteiger partial charge in [-0.05, 0) is 128 Å². The molecule has 0 fully saturated rings. The minimum Gasteiger partial charge on any atom is -0.436 e. The van der Waals surface area contributed by atoms with Crippen LogP contribution in [-0.4, -0.2) is 9.55 Å². The lowest BCUT2D eigenvalue weighted by Gasteiger charge is -2.10. The van der Waals surface area contributed by atoms with Crippen molar-refractivity contribution in [3.05, 3.63) is 194 Å². The van der Waals surface area contributed by atoms with Crippen molar-refractivity contribution in [3.8, 4) is 50.5 Å². The molecular weight excluding hydrogens is 657 g/mol. The van der Waals surface area contributed by atoms with Gasteiger partial charge in [0.2, 0.25) is 5.89 Å². The third kappa shape index (κ3) is 5.09. The molecule has 2 aromatic heterocycles. The molecule has 9 aromatic carbocycles. The Balaban J connectivity index is 0.895. The summed E-state index contributed by atoms with van der Waals surface area (Å²) in [6, 6.07) is 69.6. The van der Waals surface area contributed by atoms with Gasteiger partial charge in [-0.1, -0.05) is 121 Å². The maximum absolute atomic E-state index is 6.04. The third-order valence-electron chi connectivity index (χ3n) is 10.8. The van der Waals surface area contributed by atoms with Gasteiger partial charge >= 0.3 is 0 Å². The van der Waals surface area contributed by atoms with Crippen LogP contribution in [0.25, 0.3) is 105 Å². The Kier molecular flexibility index (Phi) is 6.86. The first-order chi connectivity index (χ1) is 26.7. The van der Waals surface area contributed by atoms with Crippen LogP contribution in [0.4, 0.5) is 0 Å². The average Bonchev–Trinajstić information content (AvgIpc) is 3.83. The van der Waals surface area contributed by atoms with Gasteiger partial charge in [0, 0.05) is 22.0 Å². The lowest BCUT2D eigenvalue weighted by atomic mass is 9.95. The predicted molar refractivity (Wildman–Crippen MR) is 225 cm³/mol. The van der Waals surface area contributed by atoms with Crippen molar-refractivity contribution in [1.82, 2.24) is 9.55 Å². The van der Waals surface area contributed by atoms with Crippen molar-refractivity contribution in [2.24, 2.45) is 0 Å². The van der Waals surface area contributed by atoms with E-state index in [1.807, 2.05) is 24.3 Å². The molecule has 3 heteroatoms. The molecule has 11 aromatic rings. The SMILES string of the molecule is c1ccc2cc(-c3ccc4cc(-c5ccc(-c6ccc7c(c6)c6ccccc6n7-c6ccc(-c7nc8ccccc8o7)cc6)cc5)ccc4c3)ccc2c1. The molecule has 0 aliphatic rings. The van der Waals surface area contributed by atoms with Crippen molar-refractivity contribution >= 4 is 54.5 Å². The normalized spacial score (nSPS) is 11.7. The summed E-state index contributed by atoms with van der Waals surface area (Å²) >= 11 is 0. The van der Waals surface area contributed by atoms with Crippen LogP contribution < -0.4 is 0 Å². The smallest absolute Gasteiger partial charge is 0.227 e. The number of hydrogen-bond acceptors (Lipinski definition) is 2. The molecule has 0 saturated carbocycles. The Labute approximate surface area is 312 Å². The van der Waals surface area contributed by atoms with E-state index < -0.39 is 0 Å². The van der Waals surface area contributed by atoms with Crippen LogP contribution in [0.15, 0.2) is 199 Å². The number of para-hydroxylation sites is 3. The van der Waals surface area contributed by atoms with E-state index in [1.54, 1.807) is 0 Å². The second-order valence-electron chi connectivity index (χ2n) is 14.0. The largest absolute Gasteiger partial charge is 0.436 e. The topological polar surface area (TPSA) is 31.0 Å². The molecule has 252 valence electrons. The predicted octanol–water partition coefficient (Wildman–Crippen LogP) is 13.9. The zero-order valence-electron chi connectivity index (χ0n) is 29.3. The molecule has 2 heterocycles. The van der Waals surface area contributed by atoms with Crippen LogP contribution in [0.5, 0.6) is 0 Å². The highest BCUT2D eigenvalue weighted by Gasteiger charge is 2.15. The first-order valence-corrected chi connectivity index (χ1v) is 18.4. The zero-order valence-corrected chi connectivity index (χ0v) is 29.3. The van der Waals surface area contributed by atoms with Crippen molar-refractivity contribution < 1.29 is 4.42 Å². The van der Waals surface area contributed by atoms with Gasteiger partial charge in [0.1, 0.15) is 5.52 Å². The average molecular weight is 689 g/mol. The fourth-order valence-corrected chi connectivity index (χ4v) is 8.01. The Hall–Kier alpha value is -7.23. The quantitative estimate of drug-likeness (QED) is 0.180. The number of rotatable bonds is 5. The van der Waals surface area contributed by atoms with Gasteiger partial charge < -0.3 is 8.98 Å². The fraction of sp³-hybridized carbons (Fsp3) is 0. The Morgan fingerprint density at radius 2 is 0.852 bits per heavy atom. The molecule has 0 N–H and O–H groups in total. The molecule has 0 unspecified atom stereocenters. The molecule has 0 atom stereocenters. The number of nitrogens with zero attached hydrogens (tertiary/aromatic N) is 2. The van der Waals surface area contributed by atoms with E-state index in [1.165, 1.54) is 76.7 Å². The summed E-state index contributed by atoms with van der Waals surface area (Å²) in [5.74, 6) is 0.632. The highest BCUT2D eigenvalue weighted by atomic mass is 16.3. The molecule has 3 nitrogen and oxygen atoms in total. The molecule has 0 aliphatic carbocycles. The highest BCUT2D eigenvalue weighted by molar-refractivity contribution is 6.10. The van der Waals surface area contributed by atoms with E-state index in [4.69, 9.17) is 9.40 Å². The maximum Gasteiger partial charge on any atom is 0.227 e. The number of oxazole rings is 1. The monoisotopic (exact) mass is 688 g/mol. The van der Waals surface area contributed by atoms with Gasteiger partial charge in [-0.25, -0.2) is 4.98 Å². The van der Waals surface area contributed by atoms with Crippen LogP contribution >= 0.6 is 0 Å². The molecule has 0 bridgehead atoms. The van der Waals surface area contributed by atoms with Crippen LogP contribution in [0, 0.1) is 0 Å². The number of benzene rings is 9. The molecule has 0 spiro atoms. The fourth-order valence-electron chi connectivity index (χ4n) is 8.01. The molecule has 0 saturated heterocycles. The van der Waals surface area contributed by atoms with Crippen molar-refractivity contribution in [2.45, 2.75) is 0 Å². The summed E-state index contributed by atoms with van der Waals surface area (Å²) in [4.78, 5) is 4.69. The standard InChI is InChI=1S/C51H32N2O/c1-2-8-37-29-39(18-17-33(37)7-1)42-22-21-40-30-38(19-20-41(40)31-42)34-13-15-35(16-14-34)43-25-28-49-46(32-43)45-9-3-5-11-48(45)53(49)44-26-23-36(24-27-44)51-52-47-10-4-6-12-50(47)54-51/h1-32H. The van der Waals surface area contributed by atoms with Crippen LogP contribution in [0.2, 0.25) is 0 Å². The van der Waals surface area contributed by atoms with E-state index in [0.717, 1.165) is 22.4 Å². The van der Waals surface area contributed by atoms with Crippen molar-refractivity contribution in [1.29, 1.82) is 0 Å². The lowest BCUT2D eigenvalue weighted by Crippen LogP contribution is -1.93. The molecule has 0 radical (unpaired) electrons. The molecular formula is C51H32N2O. The van der Waals surface area contributed by atoms with Crippen LogP contribution in [-0.2, 0) is 0 Å². The van der Waals surface area contributed by atoms with Crippen molar-refractivity contribution in [3.63, 3.8) is 0 Å². The van der Waals surface area contributed by atoms with E-state index >= 15 is 0 Å². The van der Waals surface area contributed by atoms with E-state index in [2.05, 4.69) is 174 Å². The molecule has 0 aliphatic heterocycles. The minimum atomic E-state index is 0.632. The van der Waals surface area contributed by atoms with E-state index in [0.29, 0.717) is 5.89 Å². The second-order valence-corrected chi connectivity index (χ2v) is 14.0. The molecule has 11 rings (SSSR count). The summed E-state index contributed by atoms with van der Waals surface area (Å²) < 4.78 is 8.38. The summed E-state index contributed by atoms with van der Waals surface area (Å²) in [7, 11) is 0. The first-order valence-electron chi connectivity index (χ1n) is 18.4. The summed E-state index contributed by atoms with van der Waals surface area (Å²) in [5.41, 5.74) is 13.4. The van der Waals surface area contributed by atoms with Gasteiger partial charge in [0.25, 0.3) is 0 Å². The highest BCUT2D eigenvalue weighted by Crippen LogP contribution is 2.37. The van der Waals surface area contributed by atoms with Crippen molar-refractivity contribution in [2.75, 3.05) is 0 Å². The number of hydrogen-bond donors (Lipinski definition) is 0. The van der Waals surface area contributed by atoms with E-state index in [9.17, 15) is 0 Å². The van der Waals surface area contributed by atoms with Gasteiger partial charge in [-0.15, -0.1) is 0 Å². The summed E-state index contributed by atoms with van der Waals surface area (Å²) in [5, 5.41) is 7.47. The summed E-state index contributed by atoms with van der Waals surface area (Å²) in [6.45, 7) is 0.